The highest BCUT2D eigenvalue weighted by Crippen LogP contribution is 2.32. The van der Waals surface area contributed by atoms with Crippen LogP contribution in [0.5, 0.6) is 5.75 Å². The monoisotopic (exact) mass is 375 g/mol. The Hall–Kier alpha value is -3.29. The number of amides is 2. The minimum absolute atomic E-state index is 0.0309. The van der Waals surface area contributed by atoms with Crippen molar-refractivity contribution in [3.8, 4) is 5.75 Å². The van der Waals surface area contributed by atoms with Gasteiger partial charge in [-0.3, -0.25) is 4.98 Å². The van der Waals surface area contributed by atoms with Crippen molar-refractivity contribution in [2.45, 2.75) is 19.6 Å². The van der Waals surface area contributed by atoms with E-state index in [0.29, 0.717) is 22.0 Å². The fraction of sp³-hybridized carbons (Fsp3) is 0.158. The van der Waals surface area contributed by atoms with Crippen LogP contribution in [0.1, 0.15) is 16.7 Å². The van der Waals surface area contributed by atoms with E-state index in [9.17, 15) is 23.1 Å². The number of anilines is 1. The molecule has 0 aliphatic carbocycles. The molecule has 0 fully saturated rings. The standard InChI is InChI=1S/C19H16F3N3O2/c1-11-2-3-12(8-15(11)19(20,21)22)9-24-18(27)25-16-4-5-17(26)14-10-23-7-6-13(14)16/h2-8,10,26H,9H2,1H3,(H2,24,25,27). The first kappa shape index (κ1) is 18.5. The number of nitrogens with zero attached hydrogens (tertiary/aromatic N) is 1. The number of urea groups is 1. The van der Waals surface area contributed by atoms with E-state index < -0.39 is 17.8 Å². The molecule has 0 aliphatic heterocycles. The molecule has 0 radical (unpaired) electrons. The predicted molar refractivity (Wildman–Crippen MR) is 95.4 cm³/mol. The van der Waals surface area contributed by atoms with Gasteiger partial charge in [0.2, 0.25) is 0 Å². The maximum Gasteiger partial charge on any atom is 0.416 e. The quantitative estimate of drug-likeness (QED) is 0.586. The Morgan fingerprint density at radius 1 is 1.15 bits per heavy atom. The van der Waals surface area contributed by atoms with Crippen molar-refractivity contribution < 1.29 is 23.1 Å². The molecule has 3 aromatic rings. The molecular formula is C19H16F3N3O2. The number of rotatable bonds is 3. The molecule has 3 rings (SSSR count). The number of phenols is 1. The molecule has 27 heavy (non-hydrogen) atoms. The Kier molecular flexibility index (Phi) is 4.89. The number of alkyl halides is 3. The van der Waals surface area contributed by atoms with E-state index in [-0.39, 0.29) is 17.9 Å². The molecule has 2 amide bonds. The maximum atomic E-state index is 13.0. The molecule has 0 atom stereocenters. The molecular weight excluding hydrogens is 359 g/mol. The van der Waals surface area contributed by atoms with E-state index in [0.717, 1.165) is 6.07 Å². The molecule has 1 aromatic heterocycles. The lowest BCUT2D eigenvalue weighted by Gasteiger charge is -2.13. The molecule has 140 valence electrons. The lowest BCUT2D eigenvalue weighted by atomic mass is 10.0. The largest absolute Gasteiger partial charge is 0.507 e. The lowest BCUT2D eigenvalue weighted by molar-refractivity contribution is -0.138. The van der Waals surface area contributed by atoms with Crippen molar-refractivity contribution in [1.29, 1.82) is 0 Å². The molecule has 3 N–H and O–H groups in total. The van der Waals surface area contributed by atoms with Crippen LogP contribution in [0.15, 0.2) is 48.8 Å². The van der Waals surface area contributed by atoms with Crippen molar-refractivity contribution >= 4 is 22.5 Å². The molecule has 2 aromatic carbocycles. The number of hydrogen-bond donors (Lipinski definition) is 3. The highest BCUT2D eigenvalue weighted by molar-refractivity contribution is 6.03. The number of pyridine rings is 1. The summed E-state index contributed by atoms with van der Waals surface area (Å²) in [5.41, 5.74) is 0.185. The van der Waals surface area contributed by atoms with Crippen molar-refractivity contribution in [3.05, 3.63) is 65.5 Å². The van der Waals surface area contributed by atoms with Crippen LogP contribution in [-0.2, 0) is 12.7 Å². The Bertz CT molecular complexity index is 1000. The van der Waals surface area contributed by atoms with Gasteiger partial charge in [-0.2, -0.15) is 13.2 Å². The maximum absolute atomic E-state index is 13.0. The summed E-state index contributed by atoms with van der Waals surface area (Å²) in [7, 11) is 0. The number of benzene rings is 2. The summed E-state index contributed by atoms with van der Waals surface area (Å²) in [6, 6.07) is 7.95. The molecule has 0 saturated carbocycles. The average molecular weight is 375 g/mol. The van der Waals surface area contributed by atoms with Crippen LogP contribution in [0.4, 0.5) is 23.7 Å². The van der Waals surface area contributed by atoms with Gasteiger partial charge < -0.3 is 15.7 Å². The smallest absolute Gasteiger partial charge is 0.416 e. The topological polar surface area (TPSA) is 74.2 Å². The van der Waals surface area contributed by atoms with Gasteiger partial charge in [-0.05, 0) is 42.3 Å². The number of nitrogens with one attached hydrogen (secondary N) is 2. The Morgan fingerprint density at radius 3 is 2.67 bits per heavy atom. The van der Waals surface area contributed by atoms with Gasteiger partial charge in [0, 0.05) is 29.7 Å². The molecule has 0 unspecified atom stereocenters. The second-order valence-electron chi connectivity index (χ2n) is 6.01. The molecule has 0 saturated heterocycles. The van der Waals surface area contributed by atoms with Crippen LogP contribution in [0.25, 0.3) is 10.8 Å². The third-order valence-corrected chi connectivity index (χ3v) is 4.10. The number of fused-ring (bicyclic) bond motifs is 1. The summed E-state index contributed by atoms with van der Waals surface area (Å²) in [6.45, 7) is 1.32. The van der Waals surface area contributed by atoms with Gasteiger partial charge in [-0.25, -0.2) is 4.79 Å². The zero-order valence-electron chi connectivity index (χ0n) is 14.3. The lowest BCUT2D eigenvalue weighted by Crippen LogP contribution is -2.28. The second kappa shape index (κ2) is 7.14. The van der Waals surface area contributed by atoms with Crippen LogP contribution in [0.2, 0.25) is 0 Å². The summed E-state index contributed by atoms with van der Waals surface area (Å²) in [5, 5.41) is 16.1. The van der Waals surface area contributed by atoms with Crippen LogP contribution in [0, 0.1) is 6.92 Å². The van der Waals surface area contributed by atoms with Gasteiger partial charge in [-0.1, -0.05) is 12.1 Å². The van der Waals surface area contributed by atoms with Gasteiger partial charge in [-0.15, -0.1) is 0 Å². The number of aromatic nitrogens is 1. The molecule has 0 spiro atoms. The normalized spacial score (nSPS) is 11.4. The SMILES string of the molecule is Cc1ccc(CNC(=O)Nc2ccc(O)c3cnccc23)cc1C(F)(F)F. The van der Waals surface area contributed by atoms with E-state index >= 15 is 0 Å². The van der Waals surface area contributed by atoms with Gasteiger partial charge in [0.1, 0.15) is 5.75 Å². The van der Waals surface area contributed by atoms with Crippen molar-refractivity contribution in [2.24, 2.45) is 0 Å². The molecule has 1 heterocycles. The van der Waals surface area contributed by atoms with Gasteiger partial charge in [0.15, 0.2) is 0 Å². The number of phenolic OH excluding ortho intramolecular Hbond substituents is 1. The zero-order chi connectivity index (χ0) is 19.6. The first-order chi connectivity index (χ1) is 12.8. The zero-order valence-corrected chi connectivity index (χ0v) is 14.3. The van der Waals surface area contributed by atoms with E-state index in [1.807, 2.05) is 0 Å². The summed E-state index contributed by atoms with van der Waals surface area (Å²) < 4.78 is 38.9. The van der Waals surface area contributed by atoms with Crippen molar-refractivity contribution in [2.75, 3.05) is 5.32 Å². The van der Waals surface area contributed by atoms with Crippen LogP contribution < -0.4 is 10.6 Å². The first-order valence-corrected chi connectivity index (χ1v) is 8.03. The Morgan fingerprint density at radius 2 is 1.93 bits per heavy atom. The molecule has 0 aliphatic rings. The third-order valence-electron chi connectivity index (χ3n) is 4.10. The number of aryl methyl sites for hydroxylation is 1. The number of carbonyl (C=O) groups excluding carboxylic acids is 1. The van der Waals surface area contributed by atoms with Gasteiger partial charge in [0.05, 0.1) is 11.3 Å². The van der Waals surface area contributed by atoms with Crippen molar-refractivity contribution in [1.82, 2.24) is 10.3 Å². The van der Waals surface area contributed by atoms with E-state index in [2.05, 4.69) is 15.6 Å². The van der Waals surface area contributed by atoms with Crippen LogP contribution >= 0.6 is 0 Å². The summed E-state index contributed by atoms with van der Waals surface area (Å²) in [4.78, 5) is 16.1. The summed E-state index contributed by atoms with van der Waals surface area (Å²) >= 11 is 0. The molecule has 5 nitrogen and oxygen atoms in total. The highest BCUT2D eigenvalue weighted by Gasteiger charge is 2.32. The molecule has 0 bridgehead atoms. The third kappa shape index (κ3) is 4.11. The van der Waals surface area contributed by atoms with E-state index in [4.69, 9.17) is 0 Å². The number of aromatic hydroxyl groups is 1. The number of hydrogen-bond acceptors (Lipinski definition) is 3. The predicted octanol–water partition coefficient (Wildman–Crippen LogP) is 4.59. The average Bonchev–Trinajstić information content (AvgIpc) is 2.63. The van der Waals surface area contributed by atoms with Crippen LogP contribution in [-0.4, -0.2) is 16.1 Å². The number of carbonyl (C=O) groups is 1. The van der Waals surface area contributed by atoms with Crippen LogP contribution in [0.3, 0.4) is 0 Å². The van der Waals surface area contributed by atoms with Gasteiger partial charge in [0.25, 0.3) is 0 Å². The second-order valence-corrected chi connectivity index (χ2v) is 6.01. The fourth-order valence-electron chi connectivity index (χ4n) is 2.72. The van der Waals surface area contributed by atoms with E-state index in [1.54, 1.807) is 6.07 Å². The summed E-state index contributed by atoms with van der Waals surface area (Å²) in [6.07, 6.45) is -1.45. The molecule has 8 heteroatoms. The number of halogens is 3. The summed E-state index contributed by atoms with van der Waals surface area (Å²) in [5.74, 6) is 0.0309. The Labute approximate surface area is 152 Å². The van der Waals surface area contributed by atoms with Gasteiger partial charge >= 0.3 is 12.2 Å². The fourth-order valence-corrected chi connectivity index (χ4v) is 2.72. The minimum Gasteiger partial charge on any atom is -0.507 e. The highest BCUT2D eigenvalue weighted by atomic mass is 19.4. The minimum atomic E-state index is -4.44. The van der Waals surface area contributed by atoms with Crippen molar-refractivity contribution in [3.63, 3.8) is 0 Å². The Balaban J connectivity index is 1.72. The van der Waals surface area contributed by atoms with E-state index in [1.165, 1.54) is 43.6 Å². The first-order valence-electron chi connectivity index (χ1n) is 8.03.